The number of ether oxygens (including phenoxy) is 3. The average Bonchev–Trinajstić information content (AvgIpc) is 2.79. The van der Waals surface area contributed by atoms with E-state index in [4.69, 9.17) is 14.2 Å². The number of carbonyl (C=O) groups excluding carboxylic acids is 1. The zero-order valence-electron chi connectivity index (χ0n) is 13.1. The van der Waals surface area contributed by atoms with Gasteiger partial charge in [0.2, 0.25) is 0 Å². The van der Waals surface area contributed by atoms with Crippen LogP contribution in [0.1, 0.15) is 43.6 Å². The van der Waals surface area contributed by atoms with Crippen molar-refractivity contribution in [3.63, 3.8) is 0 Å². The lowest BCUT2D eigenvalue weighted by molar-refractivity contribution is -0.146. The zero-order valence-corrected chi connectivity index (χ0v) is 13.1. The van der Waals surface area contributed by atoms with Crippen molar-refractivity contribution in [3.8, 4) is 11.5 Å². The summed E-state index contributed by atoms with van der Waals surface area (Å²) in [5.41, 5.74) is 1.13. The topological polar surface area (TPSA) is 44.8 Å². The number of hydrogen-bond acceptors (Lipinski definition) is 4. The minimum atomic E-state index is -0.100. The van der Waals surface area contributed by atoms with Crippen LogP contribution in [0.2, 0.25) is 0 Å². The summed E-state index contributed by atoms with van der Waals surface area (Å²) >= 11 is 0. The van der Waals surface area contributed by atoms with Gasteiger partial charge in [-0.1, -0.05) is 25.3 Å². The van der Waals surface area contributed by atoms with Gasteiger partial charge in [-0.3, -0.25) is 4.79 Å². The molecule has 4 heteroatoms. The molecule has 0 saturated heterocycles. The van der Waals surface area contributed by atoms with Crippen molar-refractivity contribution in [2.24, 2.45) is 5.92 Å². The Labute approximate surface area is 126 Å². The van der Waals surface area contributed by atoms with Crippen LogP contribution in [0.15, 0.2) is 18.2 Å². The van der Waals surface area contributed by atoms with Crippen LogP contribution in [0.4, 0.5) is 0 Å². The fourth-order valence-electron chi connectivity index (χ4n) is 3.22. The Morgan fingerprint density at radius 1 is 1.00 bits per heavy atom. The normalized spacial score (nSPS) is 22.2. The summed E-state index contributed by atoms with van der Waals surface area (Å²) in [5.74, 6) is 1.46. The average molecular weight is 292 g/mol. The maximum absolute atomic E-state index is 12.1. The van der Waals surface area contributed by atoms with Crippen molar-refractivity contribution in [3.05, 3.63) is 23.8 Å². The molecule has 0 aromatic heterocycles. The van der Waals surface area contributed by atoms with Gasteiger partial charge in [0.1, 0.15) is 0 Å². The minimum absolute atomic E-state index is 0.0596. The number of rotatable bonds is 4. The maximum Gasteiger partial charge on any atom is 0.309 e. The third kappa shape index (κ3) is 3.49. The van der Waals surface area contributed by atoms with Gasteiger partial charge in [0, 0.05) is 0 Å². The molecule has 0 aliphatic heterocycles. The molecule has 0 bridgehead atoms. The van der Waals surface area contributed by atoms with E-state index in [9.17, 15) is 4.79 Å². The maximum atomic E-state index is 12.1. The summed E-state index contributed by atoms with van der Waals surface area (Å²) in [6.07, 6.45) is 5.31. The Morgan fingerprint density at radius 2 is 1.71 bits per heavy atom. The highest BCUT2D eigenvalue weighted by atomic mass is 16.5. The summed E-state index contributed by atoms with van der Waals surface area (Å²) in [6.45, 7) is 0. The Morgan fingerprint density at radius 3 is 2.38 bits per heavy atom. The van der Waals surface area contributed by atoms with E-state index in [0.717, 1.165) is 31.2 Å². The van der Waals surface area contributed by atoms with E-state index in [-0.39, 0.29) is 17.8 Å². The van der Waals surface area contributed by atoms with Crippen LogP contribution in [-0.2, 0) is 9.53 Å². The van der Waals surface area contributed by atoms with Crippen molar-refractivity contribution >= 4 is 5.97 Å². The molecule has 1 aliphatic rings. The SMILES string of the molecule is COC(=O)C1CCCCCC1c1ccc(OC)c(OC)c1. The van der Waals surface area contributed by atoms with Crippen LogP contribution in [0.25, 0.3) is 0 Å². The van der Waals surface area contributed by atoms with Crippen LogP contribution in [0.3, 0.4) is 0 Å². The number of esters is 1. The van der Waals surface area contributed by atoms with Gasteiger partial charge in [0.05, 0.1) is 27.2 Å². The Balaban J connectivity index is 2.33. The summed E-state index contributed by atoms with van der Waals surface area (Å²) in [4.78, 5) is 12.1. The lowest BCUT2D eigenvalue weighted by Gasteiger charge is -2.24. The first kappa shape index (κ1) is 15.7. The third-order valence-corrected chi connectivity index (χ3v) is 4.36. The van der Waals surface area contributed by atoms with Crippen LogP contribution in [-0.4, -0.2) is 27.3 Å². The summed E-state index contributed by atoms with van der Waals surface area (Å²) in [5, 5.41) is 0. The molecule has 2 atom stereocenters. The molecule has 0 spiro atoms. The van der Waals surface area contributed by atoms with Crippen molar-refractivity contribution < 1.29 is 19.0 Å². The van der Waals surface area contributed by atoms with Gasteiger partial charge >= 0.3 is 5.97 Å². The largest absolute Gasteiger partial charge is 0.493 e. The van der Waals surface area contributed by atoms with Crippen molar-refractivity contribution in [1.29, 1.82) is 0 Å². The molecule has 1 fully saturated rings. The van der Waals surface area contributed by atoms with Crippen molar-refractivity contribution in [1.82, 2.24) is 0 Å². The molecular formula is C17H24O4. The lowest BCUT2D eigenvalue weighted by Crippen LogP contribution is -2.23. The van der Waals surface area contributed by atoms with Gasteiger partial charge in [0.15, 0.2) is 11.5 Å². The molecular weight excluding hydrogens is 268 g/mol. The van der Waals surface area contributed by atoms with Gasteiger partial charge < -0.3 is 14.2 Å². The summed E-state index contributed by atoms with van der Waals surface area (Å²) in [6, 6.07) is 5.94. The predicted molar refractivity (Wildman–Crippen MR) is 80.9 cm³/mol. The van der Waals surface area contributed by atoms with E-state index >= 15 is 0 Å². The highest BCUT2D eigenvalue weighted by Crippen LogP contribution is 2.40. The molecule has 0 amide bonds. The molecule has 4 nitrogen and oxygen atoms in total. The van der Waals surface area contributed by atoms with Gasteiger partial charge in [-0.25, -0.2) is 0 Å². The molecule has 2 unspecified atom stereocenters. The fourth-order valence-corrected chi connectivity index (χ4v) is 3.22. The zero-order chi connectivity index (χ0) is 15.2. The minimum Gasteiger partial charge on any atom is -0.493 e. The first-order chi connectivity index (χ1) is 10.2. The Kier molecular flexibility index (Phi) is 5.48. The number of methoxy groups -OCH3 is 3. The van der Waals surface area contributed by atoms with Crippen LogP contribution < -0.4 is 9.47 Å². The van der Waals surface area contributed by atoms with Crippen molar-refractivity contribution in [2.75, 3.05) is 21.3 Å². The van der Waals surface area contributed by atoms with E-state index in [2.05, 4.69) is 0 Å². The van der Waals surface area contributed by atoms with Gasteiger partial charge in [0.25, 0.3) is 0 Å². The molecule has 1 saturated carbocycles. The second kappa shape index (κ2) is 7.34. The lowest BCUT2D eigenvalue weighted by atomic mass is 9.82. The second-order valence-corrected chi connectivity index (χ2v) is 5.49. The molecule has 1 aromatic carbocycles. The quantitative estimate of drug-likeness (QED) is 0.629. The first-order valence-corrected chi connectivity index (χ1v) is 7.51. The van der Waals surface area contributed by atoms with E-state index in [1.54, 1.807) is 14.2 Å². The van der Waals surface area contributed by atoms with Crippen LogP contribution in [0, 0.1) is 5.92 Å². The van der Waals surface area contributed by atoms with Crippen LogP contribution >= 0.6 is 0 Å². The highest BCUT2D eigenvalue weighted by molar-refractivity contribution is 5.73. The second-order valence-electron chi connectivity index (χ2n) is 5.49. The Bertz CT molecular complexity index is 484. The predicted octanol–water partition coefficient (Wildman–Crippen LogP) is 3.54. The number of benzene rings is 1. The smallest absolute Gasteiger partial charge is 0.309 e. The highest BCUT2D eigenvalue weighted by Gasteiger charge is 2.32. The first-order valence-electron chi connectivity index (χ1n) is 7.51. The van der Waals surface area contributed by atoms with E-state index in [1.807, 2.05) is 18.2 Å². The van der Waals surface area contributed by atoms with E-state index < -0.39 is 0 Å². The van der Waals surface area contributed by atoms with E-state index in [0.29, 0.717) is 11.5 Å². The van der Waals surface area contributed by atoms with Crippen molar-refractivity contribution in [2.45, 2.75) is 38.0 Å². The van der Waals surface area contributed by atoms with E-state index in [1.165, 1.54) is 13.5 Å². The molecule has 0 N–H and O–H groups in total. The standard InChI is InChI=1S/C17H24O4/c1-19-15-10-9-12(11-16(15)20-2)13-7-5-4-6-8-14(13)17(18)21-3/h9-11,13-14H,4-8H2,1-3H3. The number of hydrogen-bond donors (Lipinski definition) is 0. The molecule has 0 radical (unpaired) electrons. The summed E-state index contributed by atoms with van der Waals surface area (Å²) in [7, 11) is 4.73. The van der Waals surface area contributed by atoms with Gasteiger partial charge in [-0.15, -0.1) is 0 Å². The molecule has 2 rings (SSSR count). The van der Waals surface area contributed by atoms with Gasteiger partial charge in [-0.05, 0) is 36.5 Å². The summed E-state index contributed by atoms with van der Waals surface area (Å²) < 4.78 is 15.7. The monoisotopic (exact) mass is 292 g/mol. The van der Waals surface area contributed by atoms with Gasteiger partial charge in [-0.2, -0.15) is 0 Å². The molecule has 1 aromatic rings. The Hall–Kier alpha value is -1.71. The van der Waals surface area contributed by atoms with Crippen LogP contribution in [0.5, 0.6) is 11.5 Å². The molecule has 116 valence electrons. The molecule has 1 aliphatic carbocycles. The fraction of sp³-hybridized carbons (Fsp3) is 0.588. The molecule has 0 heterocycles. The third-order valence-electron chi connectivity index (χ3n) is 4.36. The molecule has 21 heavy (non-hydrogen) atoms. The number of carbonyl (C=O) groups is 1.